The second-order valence-corrected chi connectivity index (χ2v) is 11.3. The smallest absolute Gasteiger partial charge is 0.243 e. The Kier molecular flexibility index (Phi) is 8.67. The van der Waals surface area contributed by atoms with Crippen LogP contribution < -0.4 is 9.64 Å². The van der Waals surface area contributed by atoms with E-state index >= 15 is 0 Å². The molecule has 1 saturated carbocycles. The summed E-state index contributed by atoms with van der Waals surface area (Å²) in [6, 6.07) is 12.4. The van der Waals surface area contributed by atoms with Crippen molar-refractivity contribution in [3.8, 4) is 5.88 Å². The molecule has 0 spiro atoms. The summed E-state index contributed by atoms with van der Waals surface area (Å²) in [6.07, 6.45) is 15.6. The minimum Gasteiger partial charge on any atom is -0.434 e. The van der Waals surface area contributed by atoms with Crippen molar-refractivity contribution in [3.63, 3.8) is 0 Å². The van der Waals surface area contributed by atoms with Crippen molar-refractivity contribution in [1.29, 1.82) is 0 Å². The number of carbonyl (C=O) groups is 1. The van der Waals surface area contributed by atoms with E-state index in [1.165, 1.54) is 57.9 Å². The van der Waals surface area contributed by atoms with Crippen molar-refractivity contribution < 1.29 is 9.53 Å². The Hall–Kier alpha value is -2.57. The molecule has 0 radical (unpaired) electrons. The monoisotopic (exact) mass is 517 g/mol. The topological polar surface area (TPSA) is 45.7 Å². The van der Waals surface area contributed by atoms with Crippen molar-refractivity contribution >= 4 is 34.8 Å². The molecule has 1 aliphatic carbocycles. The predicted molar refractivity (Wildman–Crippen MR) is 154 cm³/mol. The Morgan fingerprint density at radius 3 is 2.65 bits per heavy atom. The lowest BCUT2D eigenvalue weighted by molar-refractivity contribution is 0.0964. The van der Waals surface area contributed by atoms with E-state index in [1.54, 1.807) is 6.20 Å². The predicted octanol–water partition coefficient (Wildman–Crippen LogP) is 7.07. The van der Waals surface area contributed by atoms with Gasteiger partial charge < -0.3 is 14.5 Å². The van der Waals surface area contributed by atoms with Gasteiger partial charge in [-0.1, -0.05) is 62.2 Å². The highest BCUT2D eigenvalue weighted by atomic mass is 32.1. The fourth-order valence-electron chi connectivity index (χ4n) is 5.95. The number of thiocarbonyl (C=S) groups is 1. The number of hydrogen-bond acceptors (Lipinski definition) is 5. The van der Waals surface area contributed by atoms with Gasteiger partial charge in [0.1, 0.15) is 10.7 Å². The summed E-state index contributed by atoms with van der Waals surface area (Å²) >= 11 is 5.92. The van der Waals surface area contributed by atoms with Gasteiger partial charge in [-0.25, -0.2) is 4.98 Å². The van der Waals surface area contributed by atoms with E-state index < -0.39 is 0 Å². The molecule has 1 atom stereocenters. The molecule has 1 aromatic carbocycles. The quantitative estimate of drug-likeness (QED) is 0.212. The molecule has 1 saturated heterocycles. The zero-order chi connectivity index (χ0) is 25.6. The molecule has 1 aromatic heterocycles. The summed E-state index contributed by atoms with van der Waals surface area (Å²) in [7, 11) is 0. The first-order valence-electron chi connectivity index (χ1n) is 14.1. The number of piperidine rings is 1. The average Bonchev–Trinajstić information content (AvgIpc) is 2.93. The Morgan fingerprint density at radius 1 is 1.08 bits per heavy atom. The van der Waals surface area contributed by atoms with E-state index in [4.69, 9.17) is 17.0 Å². The Labute approximate surface area is 226 Å². The molecule has 5 nitrogen and oxygen atoms in total. The van der Waals surface area contributed by atoms with Crippen LogP contribution in [0, 0.1) is 5.92 Å². The zero-order valence-corrected chi connectivity index (χ0v) is 22.8. The maximum atomic E-state index is 12.8. The first-order chi connectivity index (χ1) is 18.1. The normalized spacial score (nSPS) is 22.1. The Bertz CT molecular complexity index is 1120. The maximum absolute atomic E-state index is 12.8. The lowest BCUT2D eigenvalue weighted by Gasteiger charge is -2.35. The number of pyridine rings is 1. The van der Waals surface area contributed by atoms with Crippen LogP contribution in [-0.2, 0) is 0 Å². The van der Waals surface area contributed by atoms with Gasteiger partial charge in [0, 0.05) is 30.8 Å². The SMILES string of the molecule is CC1CCCCN1CCCC(=O)c1ccc(/C=C2\Oc3ncccc3N(CC3CCCCC3)C2=S)cc1. The minimum absolute atomic E-state index is 0.213. The molecular weight excluding hydrogens is 478 g/mol. The van der Waals surface area contributed by atoms with Gasteiger partial charge in [-0.15, -0.1) is 0 Å². The van der Waals surface area contributed by atoms with E-state index in [-0.39, 0.29) is 5.78 Å². The van der Waals surface area contributed by atoms with Crippen molar-refractivity contribution in [2.75, 3.05) is 24.5 Å². The third-order valence-electron chi connectivity index (χ3n) is 8.19. The lowest BCUT2D eigenvalue weighted by atomic mass is 9.88. The molecule has 2 aliphatic heterocycles. The number of hydrogen-bond donors (Lipinski definition) is 0. The van der Waals surface area contributed by atoms with Crippen LogP contribution in [0.25, 0.3) is 6.08 Å². The molecule has 2 fully saturated rings. The maximum Gasteiger partial charge on any atom is 0.243 e. The van der Waals surface area contributed by atoms with Crippen LogP contribution in [0.2, 0.25) is 0 Å². The molecule has 6 heteroatoms. The van der Waals surface area contributed by atoms with Gasteiger partial charge in [-0.3, -0.25) is 4.79 Å². The molecule has 0 amide bonds. The lowest BCUT2D eigenvalue weighted by Crippen LogP contribution is -2.40. The molecule has 2 aromatic rings. The molecule has 37 heavy (non-hydrogen) atoms. The highest BCUT2D eigenvalue weighted by Gasteiger charge is 2.30. The summed E-state index contributed by atoms with van der Waals surface area (Å²) in [5.41, 5.74) is 2.69. The minimum atomic E-state index is 0.213. The van der Waals surface area contributed by atoms with E-state index in [9.17, 15) is 4.79 Å². The molecule has 0 N–H and O–H groups in total. The average molecular weight is 518 g/mol. The highest BCUT2D eigenvalue weighted by Crippen LogP contribution is 2.36. The van der Waals surface area contributed by atoms with Crippen LogP contribution in [0.1, 0.15) is 87.1 Å². The largest absolute Gasteiger partial charge is 0.434 e. The number of benzene rings is 1. The van der Waals surface area contributed by atoms with Crippen molar-refractivity contribution in [3.05, 3.63) is 59.5 Å². The molecular formula is C31H39N3O2S. The van der Waals surface area contributed by atoms with Gasteiger partial charge in [0.05, 0.1) is 0 Å². The number of fused-ring (bicyclic) bond motifs is 1. The molecule has 5 rings (SSSR count). The van der Waals surface area contributed by atoms with Crippen LogP contribution in [0.5, 0.6) is 5.88 Å². The Balaban J connectivity index is 1.24. The van der Waals surface area contributed by atoms with Gasteiger partial charge in [-0.2, -0.15) is 0 Å². The van der Waals surface area contributed by atoms with E-state index in [2.05, 4.69) is 21.7 Å². The first-order valence-corrected chi connectivity index (χ1v) is 14.5. The summed E-state index contributed by atoms with van der Waals surface area (Å²) in [6.45, 7) is 5.39. The van der Waals surface area contributed by atoms with Gasteiger partial charge in [0.15, 0.2) is 11.5 Å². The van der Waals surface area contributed by atoms with Crippen molar-refractivity contribution in [1.82, 2.24) is 9.88 Å². The summed E-state index contributed by atoms with van der Waals surface area (Å²) in [4.78, 5) is 22.7. The fraction of sp³-hybridized carbons (Fsp3) is 0.516. The van der Waals surface area contributed by atoms with Crippen LogP contribution in [-0.4, -0.2) is 46.3 Å². The number of carbonyl (C=O) groups excluding carboxylic acids is 1. The fourth-order valence-corrected chi connectivity index (χ4v) is 6.22. The molecule has 3 aliphatic rings. The molecule has 196 valence electrons. The third-order valence-corrected chi connectivity index (χ3v) is 8.61. The Morgan fingerprint density at radius 2 is 1.86 bits per heavy atom. The zero-order valence-electron chi connectivity index (χ0n) is 22.0. The number of anilines is 1. The molecule has 3 heterocycles. The number of Topliss-reactive ketones (excluding diaryl/α,β-unsaturated/α-hetero) is 1. The van der Waals surface area contributed by atoms with Gasteiger partial charge in [0.25, 0.3) is 0 Å². The van der Waals surface area contributed by atoms with E-state index in [1.807, 2.05) is 42.5 Å². The summed E-state index contributed by atoms with van der Waals surface area (Å²) < 4.78 is 6.16. The molecule has 1 unspecified atom stereocenters. The van der Waals surface area contributed by atoms with E-state index in [0.717, 1.165) is 36.3 Å². The van der Waals surface area contributed by atoms with Gasteiger partial charge >= 0.3 is 0 Å². The van der Waals surface area contributed by atoms with Crippen LogP contribution in [0.3, 0.4) is 0 Å². The highest BCUT2D eigenvalue weighted by molar-refractivity contribution is 7.81. The first kappa shape index (κ1) is 26.1. The second kappa shape index (κ2) is 12.3. The second-order valence-electron chi connectivity index (χ2n) is 10.9. The number of ether oxygens (including phenoxy) is 1. The van der Waals surface area contributed by atoms with Crippen LogP contribution in [0.4, 0.5) is 5.69 Å². The van der Waals surface area contributed by atoms with Gasteiger partial charge in [-0.05, 0) is 81.8 Å². The summed E-state index contributed by atoms with van der Waals surface area (Å²) in [5.74, 6) is 2.10. The number of likely N-dealkylation sites (tertiary alicyclic amines) is 1. The number of nitrogens with zero attached hydrogens (tertiary/aromatic N) is 3. The molecule has 0 bridgehead atoms. The number of ketones is 1. The number of aromatic nitrogens is 1. The van der Waals surface area contributed by atoms with E-state index in [0.29, 0.717) is 35.0 Å². The van der Waals surface area contributed by atoms with Gasteiger partial charge in [0.2, 0.25) is 5.88 Å². The number of rotatable bonds is 8. The standard InChI is InChI=1S/C31H39N3O2S/c1-23-9-5-6-19-33(23)20-8-13-28(35)26-16-14-24(15-17-26)21-29-31(37)34(22-25-10-3-2-4-11-25)27-12-7-18-32-30(27)36-29/h7,12,14-18,21,23,25H,2-6,8-11,13,19-20,22H2,1H3/b29-21-. The van der Waals surface area contributed by atoms with Crippen LogP contribution >= 0.6 is 12.2 Å². The van der Waals surface area contributed by atoms with Crippen LogP contribution in [0.15, 0.2) is 48.4 Å². The van der Waals surface area contributed by atoms with Crippen molar-refractivity contribution in [2.24, 2.45) is 5.92 Å². The van der Waals surface area contributed by atoms with Crippen molar-refractivity contribution in [2.45, 2.75) is 77.2 Å². The third kappa shape index (κ3) is 6.47. The summed E-state index contributed by atoms with van der Waals surface area (Å²) in [5, 5.41) is 0.